The molecule has 0 bridgehead atoms. The average Bonchev–Trinajstić information content (AvgIpc) is 2.37. The molecule has 2 unspecified atom stereocenters. The minimum atomic E-state index is -0.417. The van der Waals surface area contributed by atoms with Gasteiger partial charge in [0.1, 0.15) is 0 Å². The zero-order valence-electron chi connectivity index (χ0n) is 13.0. The summed E-state index contributed by atoms with van der Waals surface area (Å²) in [5, 5.41) is 10.7. The molecule has 2 atom stereocenters. The fourth-order valence-electron chi connectivity index (χ4n) is 2.76. The number of rotatable bonds is 7. The lowest BCUT2D eigenvalue weighted by molar-refractivity contribution is 0.0192. The van der Waals surface area contributed by atoms with Crippen molar-refractivity contribution in [1.29, 1.82) is 0 Å². The van der Waals surface area contributed by atoms with Gasteiger partial charge >= 0.3 is 0 Å². The van der Waals surface area contributed by atoms with Gasteiger partial charge in [-0.1, -0.05) is 65.0 Å². The van der Waals surface area contributed by atoms with E-state index in [9.17, 15) is 5.11 Å². The Labute approximate surface area is 118 Å². The van der Waals surface area contributed by atoms with Crippen LogP contribution in [0, 0.1) is 11.8 Å². The van der Waals surface area contributed by atoms with E-state index in [1.807, 2.05) is 30.3 Å². The molecule has 2 heteroatoms. The van der Waals surface area contributed by atoms with Gasteiger partial charge in [-0.3, -0.25) is 4.90 Å². The molecule has 1 aromatic rings. The topological polar surface area (TPSA) is 23.5 Å². The maximum Gasteiger partial charge on any atom is 0.0947 e. The molecule has 19 heavy (non-hydrogen) atoms. The van der Waals surface area contributed by atoms with E-state index in [1.54, 1.807) is 0 Å². The summed E-state index contributed by atoms with van der Waals surface area (Å²) in [5.74, 6) is 1.04. The van der Waals surface area contributed by atoms with Crippen LogP contribution in [0.5, 0.6) is 0 Å². The smallest absolute Gasteiger partial charge is 0.0947 e. The number of nitrogens with zero attached hydrogens (tertiary/aromatic N) is 1. The van der Waals surface area contributed by atoms with Crippen LogP contribution in [-0.4, -0.2) is 29.1 Å². The van der Waals surface area contributed by atoms with Gasteiger partial charge in [0, 0.05) is 12.6 Å². The number of benzene rings is 1. The normalized spacial score (nSPS) is 15.2. The summed E-state index contributed by atoms with van der Waals surface area (Å²) >= 11 is 0. The van der Waals surface area contributed by atoms with Crippen LogP contribution in [0.1, 0.15) is 46.3 Å². The van der Waals surface area contributed by atoms with E-state index in [0.717, 1.165) is 18.7 Å². The number of aliphatic hydroxyl groups is 1. The molecule has 0 radical (unpaired) electrons. The Morgan fingerprint density at radius 3 is 2.05 bits per heavy atom. The van der Waals surface area contributed by atoms with E-state index in [0.29, 0.717) is 11.8 Å². The summed E-state index contributed by atoms with van der Waals surface area (Å²) in [6, 6.07) is 10.2. The van der Waals surface area contributed by atoms with Crippen molar-refractivity contribution in [2.24, 2.45) is 11.8 Å². The van der Waals surface area contributed by atoms with Gasteiger partial charge in [0.15, 0.2) is 0 Å². The summed E-state index contributed by atoms with van der Waals surface area (Å²) < 4.78 is 0. The maximum absolute atomic E-state index is 10.7. The van der Waals surface area contributed by atoms with E-state index in [2.05, 4.69) is 39.5 Å². The van der Waals surface area contributed by atoms with Crippen molar-refractivity contribution >= 4 is 0 Å². The molecule has 1 N–H and O–H groups in total. The summed E-state index contributed by atoms with van der Waals surface area (Å²) in [6.45, 7) is 13.0. The van der Waals surface area contributed by atoms with Gasteiger partial charge in [0.25, 0.3) is 0 Å². The first-order chi connectivity index (χ1) is 8.97. The highest BCUT2D eigenvalue weighted by atomic mass is 16.3. The second kappa shape index (κ2) is 7.66. The maximum atomic E-state index is 10.7. The van der Waals surface area contributed by atoms with E-state index >= 15 is 0 Å². The largest absolute Gasteiger partial charge is 0.387 e. The van der Waals surface area contributed by atoms with Crippen molar-refractivity contribution in [3.05, 3.63) is 35.9 Å². The summed E-state index contributed by atoms with van der Waals surface area (Å²) in [7, 11) is 0. The second-order valence-electron chi connectivity index (χ2n) is 6.07. The number of aliphatic hydroxyl groups excluding tert-OH is 1. The Kier molecular flexibility index (Phi) is 6.53. The van der Waals surface area contributed by atoms with Gasteiger partial charge < -0.3 is 5.11 Å². The van der Waals surface area contributed by atoms with Crippen LogP contribution in [0.4, 0.5) is 0 Å². The van der Waals surface area contributed by atoms with Crippen molar-refractivity contribution < 1.29 is 5.11 Å². The third-order valence-electron chi connectivity index (χ3n) is 3.58. The highest BCUT2D eigenvalue weighted by molar-refractivity contribution is 5.19. The third-order valence-corrected chi connectivity index (χ3v) is 3.58. The Morgan fingerprint density at radius 1 is 1.05 bits per heavy atom. The van der Waals surface area contributed by atoms with Crippen LogP contribution < -0.4 is 0 Å². The molecule has 0 aliphatic carbocycles. The molecule has 0 heterocycles. The predicted molar refractivity (Wildman–Crippen MR) is 82.1 cm³/mol. The summed E-state index contributed by atoms with van der Waals surface area (Å²) in [4.78, 5) is 2.41. The quantitative estimate of drug-likeness (QED) is 0.810. The van der Waals surface area contributed by atoms with Gasteiger partial charge in [0.2, 0.25) is 0 Å². The minimum absolute atomic E-state index is 0.176. The summed E-state index contributed by atoms with van der Waals surface area (Å²) in [6.07, 6.45) is -0.417. The van der Waals surface area contributed by atoms with E-state index < -0.39 is 6.10 Å². The zero-order valence-corrected chi connectivity index (χ0v) is 13.0. The van der Waals surface area contributed by atoms with Crippen molar-refractivity contribution in [2.75, 3.05) is 13.1 Å². The van der Waals surface area contributed by atoms with Gasteiger partial charge in [-0.2, -0.15) is 0 Å². The molecule has 0 fully saturated rings. The number of likely N-dealkylation sites (N-methyl/N-ethyl adjacent to an activating group) is 1. The van der Waals surface area contributed by atoms with Gasteiger partial charge in [-0.05, 0) is 23.9 Å². The van der Waals surface area contributed by atoms with E-state index in [4.69, 9.17) is 0 Å². The van der Waals surface area contributed by atoms with Crippen molar-refractivity contribution in [1.82, 2.24) is 4.90 Å². The lowest BCUT2D eigenvalue weighted by atomic mass is 9.91. The van der Waals surface area contributed by atoms with Crippen molar-refractivity contribution in [2.45, 2.75) is 46.8 Å². The predicted octanol–water partition coefficient (Wildman–Crippen LogP) is 3.72. The Bertz CT molecular complexity index is 348. The summed E-state index contributed by atoms with van der Waals surface area (Å²) in [5.41, 5.74) is 1.02. The molecule has 108 valence electrons. The van der Waals surface area contributed by atoms with Gasteiger partial charge in [-0.15, -0.1) is 0 Å². The average molecular weight is 263 g/mol. The lowest BCUT2D eigenvalue weighted by Crippen LogP contribution is -2.44. The molecule has 1 aromatic carbocycles. The molecule has 1 rings (SSSR count). The highest BCUT2D eigenvalue weighted by Crippen LogP contribution is 2.27. The number of hydrogen-bond acceptors (Lipinski definition) is 2. The van der Waals surface area contributed by atoms with E-state index in [1.165, 1.54) is 0 Å². The monoisotopic (exact) mass is 263 g/mol. The lowest BCUT2D eigenvalue weighted by Gasteiger charge is -2.38. The van der Waals surface area contributed by atoms with Crippen LogP contribution in [0.3, 0.4) is 0 Å². The van der Waals surface area contributed by atoms with Gasteiger partial charge in [0.05, 0.1) is 6.10 Å². The first-order valence-corrected chi connectivity index (χ1v) is 7.44. The Morgan fingerprint density at radius 2 is 1.63 bits per heavy atom. The molecular formula is C17H29NO. The molecular weight excluding hydrogens is 234 g/mol. The van der Waals surface area contributed by atoms with E-state index in [-0.39, 0.29) is 6.04 Å². The first-order valence-electron chi connectivity index (χ1n) is 7.44. The SMILES string of the molecule is CCN(CC(C)C)C(C(C)C)C(O)c1ccccc1. The second-order valence-corrected chi connectivity index (χ2v) is 6.07. The van der Waals surface area contributed by atoms with Crippen molar-refractivity contribution in [3.8, 4) is 0 Å². The Balaban J connectivity index is 2.92. The van der Waals surface area contributed by atoms with Crippen LogP contribution in [0.2, 0.25) is 0 Å². The molecule has 0 saturated heterocycles. The van der Waals surface area contributed by atoms with Crippen LogP contribution in [-0.2, 0) is 0 Å². The fourth-order valence-corrected chi connectivity index (χ4v) is 2.76. The minimum Gasteiger partial charge on any atom is -0.387 e. The molecule has 0 amide bonds. The fraction of sp³-hybridized carbons (Fsp3) is 0.647. The Hall–Kier alpha value is -0.860. The van der Waals surface area contributed by atoms with Gasteiger partial charge in [-0.25, -0.2) is 0 Å². The molecule has 2 nitrogen and oxygen atoms in total. The van der Waals surface area contributed by atoms with Crippen molar-refractivity contribution in [3.63, 3.8) is 0 Å². The molecule has 0 saturated carbocycles. The first kappa shape index (κ1) is 16.2. The molecule has 0 aliphatic heterocycles. The molecule has 0 aliphatic rings. The molecule has 0 spiro atoms. The highest BCUT2D eigenvalue weighted by Gasteiger charge is 2.29. The molecule has 0 aromatic heterocycles. The zero-order chi connectivity index (χ0) is 14.4. The van der Waals surface area contributed by atoms with Crippen LogP contribution in [0.25, 0.3) is 0 Å². The van der Waals surface area contributed by atoms with Crippen LogP contribution >= 0.6 is 0 Å². The standard InChI is InChI=1S/C17H29NO/c1-6-18(12-13(2)3)16(14(4)5)17(19)15-10-8-7-9-11-15/h7-11,13-14,16-17,19H,6,12H2,1-5H3. The van der Waals surface area contributed by atoms with Crippen LogP contribution in [0.15, 0.2) is 30.3 Å². The number of hydrogen-bond donors (Lipinski definition) is 1. The third kappa shape index (κ3) is 4.63.